The van der Waals surface area contributed by atoms with Gasteiger partial charge in [0.15, 0.2) is 0 Å². The van der Waals surface area contributed by atoms with Crippen LogP contribution in [0.4, 0.5) is 24.7 Å². The van der Waals surface area contributed by atoms with Gasteiger partial charge in [-0.1, -0.05) is 12.1 Å². The third-order valence-electron chi connectivity index (χ3n) is 3.97. The molecule has 0 spiro atoms. The Balaban J connectivity index is 1.66. The number of alkyl halides is 3. The first-order valence-corrected chi connectivity index (χ1v) is 7.32. The van der Waals surface area contributed by atoms with Crippen molar-refractivity contribution in [2.24, 2.45) is 0 Å². The van der Waals surface area contributed by atoms with Crippen molar-refractivity contribution < 1.29 is 23.3 Å². The first-order chi connectivity index (χ1) is 10.9. The number of hydrogen-bond donors (Lipinski definition) is 1. The van der Waals surface area contributed by atoms with Crippen LogP contribution in [-0.2, 0) is 6.18 Å². The van der Waals surface area contributed by atoms with Gasteiger partial charge in [0.2, 0.25) is 0 Å². The topological polar surface area (TPSA) is 40.9 Å². The number of nitrogens with one attached hydrogen (secondary N) is 1. The molecule has 0 amide bonds. The van der Waals surface area contributed by atoms with Crippen molar-refractivity contribution >= 4 is 11.5 Å². The van der Waals surface area contributed by atoms with Crippen molar-refractivity contribution in [2.45, 2.75) is 6.18 Å². The van der Waals surface area contributed by atoms with E-state index in [2.05, 4.69) is 9.88 Å². The number of benzene rings is 1. The molecule has 1 fully saturated rings. The fraction of sp³-hybridized carbons (Fsp3) is 0.312. The number of piperazine rings is 1. The van der Waals surface area contributed by atoms with E-state index in [4.69, 9.17) is 0 Å². The van der Waals surface area contributed by atoms with Crippen LogP contribution in [0.1, 0.15) is 5.56 Å². The lowest BCUT2D eigenvalue weighted by Gasteiger charge is -2.32. The second-order valence-corrected chi connectivity index (χ2v) is 5.42. The quantitative estimate of drug-likeness (QED) is 0.923. The molecule has 2 aromatic rings. The zero-order chi connectivity index (χ0) is 16.4. The van der Waals surface area contributed by atoms with E-state index in [1.807, 2.05) is 17.0 Å². The van der Waals surface area contributed by atoms with E-state index in [9.17, 15) is 18.3 Å². The predicted octanol–water partition coefficient (Wildman–Crippen LogP) is 2.55. The van der Waals surface area contributed by atoms with Crippen LogP contribution in [0.3, 0.4) is 0 Å². The van der Waals surface area contributed by atoms with E-state index in [1.54, 1.807) is 12.1 Å². The maximum absolute atomic E-state index is 12.6. The highest BCUT2D eigenvalue weighted by atomic mass is 19.4. The van der Waals surface area contributed by atoms with Gasteiger partial charge in [-0.3, -0.25) is 4.90 Å². The maximum atomic E-state index is 12.6. The average molecular weight is 324 g/mol. The minimum absolute atomic E-state index is 0.238. The van der Waals surface area contributed by atoms with Gasteiger partial charge in [-0.25, -0.2) is 4.98 Å². The van der Waals surface area contributed by atoms with Crippen molar-refractivity contribution in [3.8, 4) is 5.75 Å². The number of aromatic hydroxyl groups is 1. The zero-order valence-electron chi connectivity index (χ0n) is 12.3. The fourth-order valence-electron chi connectivity index (χ4n) is 2.71. The average Bonchev–Trinajstić information content (AvgIpc) is 2.55. The Morgan fingerprint density at radius 2 is 1.57 bits per heavy atom. The summed E-state index contributed by atoms with van der Waals surface area (Å²) in [7, 11) is 0. The summed E-state index contributed by atoms with van der Waals surface area (Å²) >= 11 is 0. The van der Waals surface area contributed by atoms with Crippen LogP contribution in [-0.4, -0.2) is 31.3 Å². The van der Waals surface area contributed by atoms with Crippen molar-refractivity contribution in [1.82, 2.24) is 0 Å². The molecule has 0 aliphatic carbocycles. The Kier molecular flexibility index (Phi) is 4.02. The van der Waals surface area contributed by atoms with Crippen LogP contribution in [0, 0.1) is 0 Å². The summed E-state index contributed by atoms with van der Waals surface area (Å²) in [6.07, 6.45) is -3.34. The van der Waals surface area contributed by atoms with E-state index in [0.29, 0.717) is 32.0 Å². The van der Waals surface area contributed by atoms with E-state index in [-0.39, 0.29) is 5.75 Å². The minimum atomic E-state index is -4.33. The van der Waals surface area contributed by atoms with Crippen LogP contribution in [0.2, 0.25) is 0 Å². The van der Waals surface area contributed by atoms with Gasteiger partial charge in [-0.15, -0.1) is 0 Å². The molecule has 1 saturated heterocycles. The number of anilines is 2. The molecule has 3 rings (SSSR count). The first-order valence-electron chi connectivity index (χ1n) is 7.32. The molecular weight excluding hydrogens is 307 g/mol. The summed E-state index contributed by atoms with van der Waals surface area (Å²) in [5.74, 6) is 0.900. The molecule has 1 aromatic heterocycles. The lowest BCUT2D eigenvalue weighted by atomic mass is 10.2. The number of para-hydroxylation sites is 2. The number of nitrogens with zero attached hydrogens (tertiary/aromatic N) is 2. The van der Waals surface area contributed by atoms with Crippen molar-refractivity contribution in [3.05, 3.63) is 48.2 Å². The summed E-state index contributed by atoms with van der Waals surface area (Å²) in [4.78, 5) is 6.78. The number of H-pyrrole nitrogens is 1. The van der Waals surface area contributed by atoms with Gasteiger partial charge in [0.05, 0.1) is 24.3 Å². The van der Waals surface area contributed by atoms with Crippen LogP contribution >= 0.6 is 0 Å². The lowest BCUT2D eigenvalue weighted by Crippen LogP contribution is -2.48. The summed E-state index contributed by atoms with van der Waals surface area (Å²) in [5.41, 5.74) is 0.0950. The highest BCUT2D eigenvalue weighted by Crippen LogP contribution is 2.29. The molecule has 23 heavy (non-hydrogen) atoms. The Bertz CT molecular complexity index is 665. The number of halogens is 3. The largest absolute Gasteiger partial charge is 0.506 e. The second kappa shape index (κ2) is 5.98. The van der Waals surface area contributed by atoms with Gasteiger partial charge >= 0.3 is 6.18 Å². The van der Waals surface area contributed by atoms with Gasteiger partial charge in [0, 0.05) is 6.07 Å². The first kappa shape index (κ1) is 15.5. The Labute approximate surface area is 131 Å². The van der Waals surface area contributed by atoms with Gasteiger partial charge in [0.25, 0.3) is 5.82 Å². The molecule has 2 heterocycles. The van der Waals surface area contributed by atoms with Gasteiger partial charge in [0.1, 0.15) is 25.0 Å². The summed E-state index contributed by atoms with van der Waals surface area (Å²) < 4.78 is 37.7. The van der Waals surface area contributed by atoms with Gasteiger partial charge < -0.3 is 10.0 Å². The third-order valence-corrected chi connectivity index (χ3v) is 3.97. The molecule has 0 saturated carbocycles. The van der Waals surface area contributed by atoms with Crippen LogP contribution < -0.4 is 14.8 Å². The van der Waals surface area contributed by atoms with E-state index < -0.39 is 11.7 Å². The molecule has 1 aliphatic heterocycles. The number of aromatic nitrogens is 1. The van der Waals surface area contributed by atoms with Crippen molar-refractivity contribution in [2.75, 3.05) is 36.0 Å². The smallest absolute Gasteiger partial charge is 0.419 e. The maximum Gasteiger partial charge on any atom is 0.419 e. The molecule has 0 atom stereocenters. The van der Waals surface area contributed by atoms with E-state index >= 15 is 0 Å². The molecular formula is C16H17F3N3O+. The number of pyridine rings is 1. The number of hydrogen-bond acceptors (Lipinski definition) is 3. The highest BCUT2D eigenvalue weighted by Gasteiger charge is 2.32. The minimum Gasteiger partial charge on any atom is -0.506 e. The van der Waals surface area contributed by atoms with E-state index in [0.717, 1.165) is 18.0 Å². The Morgan fingerprint density at radius 1 is 0.913 bits per heavy atom. The predicted molar refractivity (Wildman–Crippen MR) is 80.5 cm³/mol. The summed E-state index contributed by atoms with van der Waals surface area (Å²) in [5, 5.41) is 9.88. The third kappa shape index (κ3) is 3.33. The molecule has 1 aromatic carbocycles. The molecule has 1 aliphatic rings. The molecule has 2 N–H and O–H groups in total. The monoisotopic (exact) mass is 324 g/mol. The Hall–Kier alpha value is -2.44. The van der Waals surface area contributed by atoms with Crippen molar-refractivity contribution in [1.29, 1.82) is 0 Å². The summed E-state index contributed by atoms with van der Waals surface area (Å²) in [6, 6.07) is 9.68. The molecule has 7 heteroatoms. The molecule has 4 nitrogen and oxygen atoms in total. The molecule has 0 bridgehead atoms. The number of rotatable bonds is 2. The SMILES string of the molecule is Oc1ccccc1N1CCN(c2ccc(C(F)(F)F)c[nH+]2)CC1. The number of phenolic OH excluding ortho intramolecular Hbond substituents is 1. The number of aromatic amines is 1. The normalized spacial score (nSPS) is 15.8. The molecule has 0 radical (unpaired) electrons. The second-order valence-electron chi connectivity index (χ2n) is 5.42. The summed E-state index contributed by atoms with van der Waals surface area (Å²) in [6.45, 7) is 2.70. The standard InChI is InChI=1S/C16H16F3N3O/c17-16(18,19)12-5-6-15(20-11-12)22-9-7-21(8-10-22)13-3-1-2-4-14(13)23/h1-6,11,23H,7-10H2/p+1. The molecule has 122 valence electrons. The highest BCUT2D eigenvalue weighted by molar-refractivity contribution is 5.58. The fourth-order valence-corrected chi connectivity index (χ4v) is 2.71. The van der Waals surface area contributed by atoms with E-state index in [1.165, 1.54) is 6.07 Å². The Morgan fingerprint density at radius 3 is 2.13 bits per heavy atom. The van der Waals surface area contributed by atoms with Crippen LogP contribution in [0.15, 0.2) is 42.6 Å². The lowest BCUT2D eigenvalue weighted by molar-refractivity contribution is -0.367. The van der Waals surface area contributed by atoms with Gasteiger partial charge in [-0.05, 0) is 18.2 Å². The van der Waals surface area contributed by atoms with Crippen LogP contribution in [0.5, 0.6) is 5.75 Å². The van der Waals surface area contributed by atoms with Crippen LogP contribution in [0.25, 0.3) is 0 Å². The van der Waals surface area contributed by atoms with Gasteiger partial charge in [-0.2, -0.15) is 13.2 Å². The van der Waals surface area contributed by atoms with Crippen molar-refractivity contribution in [3.63, 3.8) is 0 Å². The number of phenols is 1. The molecule has 0 unspecified atom stereocenters. The zero-order valence-corrected chi connectivity index (χ0v) is 12.3.